The van der Waals surface area contributed by atoms with Gasteiger partial charge in [-0.1, -0.05) is 6.42 Å². The predicted molar refractivity (Wildman–Crippen MR) is 67.8 cm³/mol. The average Bonchev–Trinajstić information content (AvgIpc) is 2.38. The van der Waals surface area contributed by atoms with E-state index in [-0.39, 0.29) is 0 Å². The van der Waals surface area contributed by atoms with E-state index < -0.39 is 73.4 Å². The van der Waals surface area contributed by atoms with E-state index in [1.165, 1.54) is 0 Å². The molecule has 0 aromatic rings. The highest BCUT2D eigenvalue weighted by molar-refractivity contribution is 7.80. The maximum Gasteiger partial charge on any atom is 0.431 e. The Bertz CT molecular complexity index is 442. The van der Waals surface area contributed by atoms with Gasteiger partial charge in [0.2, 0.25) is 0 Å². The number of hydrogen-bond acceptors (Lipinski definition) is 1. The monoisotopic (exact) mass is 454 g/mol. The van der Waals surface area contributed by atoms with E-state index in [1.54, 1.807) is 0 Å². The first kappa shape index (κ1) is 26.4. The molecule has 164 valence electrons. The first-order chi connectivity index (χ1) is 11.6. The molecule has 0 rings (SSSR count). The van der Waals surface area contributed by atoms with Gasteiger partial charge in [-0.05, 0) is 19.3 Å². The molecule has 0 aromatic carbocycles. The zero-order chi connectivity index (χ0) is 22.1. The fraction of sp³-hybridized carbons (Fsp3) is 1.00. The van der Waals surface area contributed by atoms with Crippen LogP contribution < -0.4 is 0 Å². The number of thiol groups is 1. The molecule has 0 radical (unpaired) electrons. The number of hydrogen-bond donors (Lipinski definition) is 1. The first-order valence-corrected chi connectivity index (χ1v) is 7.44. The zero-order valence-corrected chi connectivity index (χ0v) is 13.7. The molecule has 0 amide bonds. The third-order valence-electron chi connectivity index (χ3n) is 3.62. The Labute approximate surface area is 148 Å². The van der Waals surface area contributed by atoms with Crippen LogP contribution >= 0.6 is 12.6 Å². The topological polar surface area (TPSA) is 0 Å². The lowest BCUT2D eigenvalue weighted by molar-refractivity contribution is -0.344. The quantitative estimate of drug-likeness (QED) is 0.242. The molecule has 1 unspecified atom stereocenters. The van der Waals surface area contributed by atoms with Crippen LogP contribution in [-0.2, 0) is 0 Å². The summed E-state index contributed by atoms with van der Waals surface area (Å²) < 4.78 is 174. The Morgan fingerprint density at radius 3 is 1.15 bits per heavy atom. The fourth-order valence-corrected chi connectivity index (χ4v) is 2.45. The van der Waals surface area contributed by atoms with Gasteiger partial charge in [-0.2, -0.15) is 65.3 Å². The van der Waals surface area contributed by atoms with Crippen molar-refractivity contribution in [3.05, 3.63) is 0 Å². The lowest BCUT2D eigenvalue weighted by Gasteiger charge is -2.32. The lowest BCUT2D eigenvalue weighted by Crippen LogP contribution is -2.54. The summed E-state index contributed by atoms with van der Waals surface area (Å²) in [6, 6.07) is 0. The van der Waals surface area contributed by atoms with Crippen LogP contribution in [0.4, 0.5) is 61.5 Å². The van der Waals surface area contributed by atoms with Crippen LogP contribution in [0.15, 0.2) is 0 Å². The van der Waals surface area contributed by atoms with E-state index in [0.717, 1.165) is 0 Å². The normalized spacial score (nSPS) is 16.6. The Morgan fingerprint density at radius 2 is 0.852 bits per heavy atom. The largest absolute Gasteiger partial charge is 0.431 e. The van der Waals surface area contributed by atoms with Gasteiger partial charge in [0.1, 0.15) is 0 Å². The molecule has 0 N–H and O–H groups in total. The van der Waals surface area contributed by atoms with Crippen molar-refractivity contribution in [1.29, 1.82) is 0 Å². The number of unbranched alkanes of at least 4 members (excludes halogenated alkanes) is 1. The second kappa shape index (κ2) is 8.01. The maximum atomic E-state index is 13.4. The zero-order valence-electron chi connectivity index (χ0n) is 12.9. The third kappa shape index (κ3) is 5.92. The lowest BCUT2D eigenvalue weighted by atomic mass is 9.93. The van der Waals surface area contributed by atoms with Gasteiger partial charge in [0.05, 0.1) is 0 Å². The van der Waals surface area contributed by atoms with Crippen LogP contribution in [0.1, 0.15) is 32.1 Å². The van der Waals surface area contributed by atoms with Gasteiger partial charge in [-0.3, -0.25) is 0 Å². The first-order valence-electron chi connectivity index (χ1n) is 6.93. The second-order valence-electron chi connectivity index (χ2n) is 5.70. The summed E-state index contributed by atoms with van der Waals surface area (Å²) in [6.07, 6.45) is -32.8. The van der Waals surface area contributed by atoms with E-state index >= 15 is 0 Å². The Hall–Kier alpha value is -0.630. The maximum absolute atomic E-state index is 13.4. The summed E-state index contributed by atoms with van der Waals surface area (Å²) >= 11 is 3.27. The van der Waals surface area contributed by atoms with Crippen molar-refractivity contribution in [2.45, 2.75) is 73.4 Å². The molecule has 27 heavy (non-hydrogen) atoms. The van der Waals surface area contributed by atoms with E-state index in [9.17, 15) is 61.5 Å². The van der Waals surface area contributed by atoms with Crippen LogP contribution in [0.2, 0.25) is 0 Å². The molecule has 0 aromatic heterocycles. The van der Waals surface area contributed by atoms with Crippen LogP contribution in [-0.4, -0.2) is 41.3 Å². The molecule has 1 atom stereocenters. The summed E-state index contributed by atoms with van der Waals surface area (Å²) in [4.78, 5) is 0. The SMILES string of the molecule is FC(F)(F)C(F)(CCCCC(S)CC(F)(C(F)(F)F)C(F)(F)F)C(F)(F)F. The van der Waals surface area contributed by atoms with Crippen molar-refractivity contribution in [2.75, 3.05) is 0 Å². The van der Waals surface area contributed by atoms with Gasteiger partial charge in [0, 0.05) is 11.7 Å². The highest BCUT2D eigenvalue weighted by atomic mass is 32.1. The van der Waals surface area contributed by atoms with Crippen molar-refractivity contribution >= 4 is 12.6 Å². The van der Waals surface area contributed by atoms with E-state index in [1.807, 2.05) is 0 Å². The van der Waals surface area contributed by atoms with Crippen molar-refractivity contribution in [1.82, 2.24) is 0 Å². The molecule has 0 aliphatic rings. The second-order valence-corrected chi connectivity index (χ2v) is 6.43. The number of rotatable bonds is 7. The summed E-state index contributed by atoms with van der Waals surface area (Å²) in [6.45, 7) is 0. The highest BCUT2D eigenvalue weighted by Crippen LogP contribution is 2.51. The Morgan fingerprint density at radius 1 is 0.519 bits per heavy atom. The molecule has 0 nitrogen and oxygen atoms in total. The minimum absolute atomic E-state index is 0.849. The molecule has 15 heteroatoms. The van der Waals surface area contributed by atoms with Crippen molar-refractivity contribution in [3.8, 4) is 0 Å². The van der Waals surface area contributed by atoms with Crippen LogP contribution in [0, 0.1) is 0 Å². The minimum Gasteiger partial charge on any atom is -0.224 e. The van der Waals surface area contributed by atoms with Crippen molar-refractivity contribution < 1.29 is 61.5 Å². The summed E-state index contributed by atoms with van der Waals surface area (Å²) in [7, 11) is 0. The number of alkyl halides is 14. The Balaban J connectivity index is 4.92. The molecule has 0 heterocycles. The van der Waals surface area contributed by atoms with Gasteiger partial charge < -0.3 is 0 Å². The molecular weight excluding hydrogens is 442 g/mol. The summed E-state index contributed by atoms with van der Waals surface area (Å²) in [5.41, 5.74) is -11.2. The number of halogens is 14. The van der Waals surface area contributed by atoms with Gasteiger partial charge in [-0.25, -0.2) is 8.78 Å². The van der Waals surface area contributed by atoms with E-state index in [2.05, 4.69) is 12.6 Å². The van der Waals surface area contributed by atoms with Gasteiger partial charge in [-0.15, -0.1) is 0 Å². The highest BCUT2D eigenvalue weighted by Gasteiger charge is 2.73. The van der Waals surface area contributed by atoms with Crippen LogP contribution in [0.25, 0.3) is 0 Å². The van der Waals surface area contributed by atoms with E-state index in [4.69, 9.17) is 0 Å². The molecule has 0 spiro atoms. The average molecular weight is 454 g/mol. The molecule has 0 fully saturated rings. The summed E-state index contributed by atoms with van der Waals surface area (Å²) in [5, 5.41) is -2.01. The molecule has 0 aliphatic heterocycles. The Kier molecular flexibility index (Phi) is 7.82. The molecular formula is C12H12F14S. The summed E-state index contributed by atoms with van der Waals surface area (Å²) in [5.74, 6) is 0. The molecule has 0 saturated carbocycles. The van der Waals surface area contributed by atoms with Crippen molar-refractivity contribution in [2.24, 2.45) is 0 Å². The molecule has 0 aliphatic carbocycles. The van der Waals surface area contributed by atoms with Crippen molar-refractivity contribution in [3.63, 3.8) is 0 Å². The van der Waals surface area contributed by atoms with E-state index in [0.29, 0.717) is 0 Å². The molecule has 0 bridgehead atoms. The minimum atomic E-state index is -6.37. The van der Waals surface area contributed by atoms with Crippen LogP contribution in [0.3, 0.4) is 0 Å². The van der Waals surface area contributed by atoms with Crippen LogP contribution in [0.5, 0.6) is 0 Å². The fourth-order valence-electron chi connectivity index (χ4n) is 2.01. The standard InChI is InChI=1S/C12H12F14S/c13-7(9(15,16)17,10(18,19)20)4-2-1-3-6(27)5-8(14,11(21,22)23)12(24,25)26/h6,27H,1-5H2. The smallest absolute Gasteiger partial charge is 0.224 e. The third-order valence-corrected chi connectivity index (χ3v) is 4.06. The van der Waals surface area contributed by atoms with Gasteiger partial charge >= 0.3 is 24.7 Å². The van der Waals surface area contributed by atoms with Gasteiger partial charge in [0.15, 0.2) is 0 Å². The molecule has 0 saturated heterocycles. The van der Waals surface area contributed by atoms with Gasteiger partial charge in [0.25, 0.3) is 11.3 Å². The predicted octanol–water partition coefficient (Wildman–Crippen LogP) is 6.90.